The number of nitrogens with zero attached hydrogens (tertiary/aromatic N) is 3. The molecule has 0 spiro atoms. The van der Waals surface area contributed by atoms with Gasteiger partial charge in [0.2, 0.25) is 0 Å². The molecule has 4 heteroatoms. The number of benzene rings is 1. The summed E-state index contributed by atoms with van der Waals surface area (Å²) in [7, 11) is 1.90. The van der Waals surface area contributed by atoms with E-state index in [1.54, 1.807) is 11.0 Å². The summed E-state index contributed by atoms with van der Waals surface area (Å²) in [6.07, 6.45) is 6.69. The molecule has 2 aromatic rings. The molecule has 0 amide bonds. The van der Waals surface area contributed by atoms with E-state index in [1.807, 2.05) is 7.05 Å². The van der Waals surface area contributed by atoms with Gasteiger partial charge in [0.05, 0.1) is 6.54 Å². The molecule has 2 rings (SSSR count). The third kappa shape index (κ3) is 4.46. The maximum atomic E-state index is 4.32. The van der Waals surface area contributed by atoms with Crippen LogP contribution in [0.5, 0.6) is 0 Å². The SMILES string of the molecule is CCCCCC(NCc1ncn(C)n1)c1ccccc1. The molecular weight excluding hydrogens is 248 g/mol. The maximum Gasteiger partial charge on any atom is 0.164 e. The van der Waals surface area contributed by atoms with Crippen molar-refractivity contribution >= 4 is 0 Å². The summed E-state index contributed by atoms with van der Waals surface area (Å²) in [4.78, 5) is 4.27. The smallest absolute Gasteiger partial charge is 0.164 e. The van der Waals surface area contributed by atoms with Gasteiger partial charge in [-0.3, -0.25) is 4.68 Å². The summed E-state index contributed by atoms with van der Waals surface area (Å²) in [5.74, 6) is 0.851. The third-order valence-electron chi connectivity index (χ3n) is 3.45. The normalized spacial score (nSPS) is 12.5. The monoisotopic (exact) mass is 272 g/mol. The van der Waals surface area contributed by atoms with Gasteiger partial charge in [-0.25, -0.2) is 4.98 Å². The van der Waals surface area contributed by atoms with Gasteiger partial charge < -0.3 is 5.32 Å². The van der Waals surface area contributed by atoms with Crippen molar-refractivity contribution in [2.24, 2.45) is 7.05 Å². The molecule has 1 aromatic heterocycles. The first kappa shape index (κ1) is 14.7. The minimum Gasteiger partial charge on any atom is -0.303 e. The Bertz CT molecular complexity index is 492. The molecule has 0 aliphatic rings. The first-order valence-corrected chi connectivity index (χ1v) is 7.42. The van der Waals surface area contributed by atoms with Gasteiger partial charge in [0.25, 0.3) is 0 Å². The molecule has 20 heavy (non-hydrogen) atoms. The Morgan fingerprint density at radius 1 is 1.20 bits per heavy atom. The van der Waals surface area contributed by atoms with Gasteiger partial charge >= 0.3 is 0 Å². The zero-order valence-corrected chi connectivity index (χ0v) is 12.4. The van der Waals surface area contributed by atoms with Crippen LogP contribution in [0, 0.1) is 0 Å². The zero-order valence-electron chi connectivity index (χ0n) is 12.4. The Morgan fingerprint density at radius 3 is 2.65 bits per heavy atom. The van der Waals surface area contributed by atoms with Crippen LogP contribution in [-0.4, -0.2) is 14.8 Å². The second kappa shape index (κ2) is 7.80. The van der Waals surface area contributed by atoms with Gasteiger partial charge in [0.1, 0.15) is 6.33 Å². The minimum atomic E-state index is 0.381. The molecule has 0 saturated heterocycles. The van der Waals surface area contributed by atoms with E-state index in [1.165, 1.54) is 24.8 Å². The summed E-state index contributed by atoms with van der Waals surface area (Å²) >= 11 is 0. The van der Waals surface area contributed by atoms with Crippen molar-refractivity contribution in [3.05, 3.63) is 48.0 Å². The van der Waals surface area contributed by atoms with Crippen LogP contribution in [0.3, 0.4) is 0 Å². The van der Waals surface area contributed by atoms with Gasteiger partial charge in [-0.2, -0.15) is 5.10 Å². The van der Waals surface area contributed by atoms with Crippen LogP contribution < -0.4 is 5.32 Å². The predicted octanol–water partition coefficient (Wildman–Crippen LogP) is 3.23. The van der Waals surface area contributed by atoms with Crippen molar-refractivity contribution in [1.82, 2.24) is 20.1 Å². The fourth-order valence-electron chi connectivity index (χ4n) is 2.35. The van der Waals surface area contributed by atoms with Crippen LogP contribution in [0.2, 0.25) is 0 Å². The molecule has 1 N–H and O–H groups in total. The Hall–Kier alpha value is -1.68. The molecule has 0 fully saturated rings. The molecule has 108 valence electrons. The summed E-state index contributed by atoms with van der Waals surface area (Å²) in [5.41, 5.74) is 1.35. The van der Waals surface area contributed by atoms with E-state index in [0.717, 1.165) is 12.2 Å². The highest BCUT2D eigenvalue weighted by Crippen LogP contribution is 2.20. The Morgan fingerprint density at radius 2 is 2.00 bits per heavy atom. The number of hydrogen-bond donors (Lipinski definition) is 1. The van der Waals surface area contributed by atoms with Crippen molar-refractivity contribution in [2.45, 2.75) is 45.2 Å². The second-order valence-corrected chi connectivity index (χ2v) is 5.17. The molecule has 4 nitrogen and oxygen atoms in total. The van der Waals surface area contributed by atoms with Crippen LogP contribution in [0.4, 0.5) is 0 Å². The number of hydrogen-bond acceptors (Lipinski definition) is 3. The van der Waals surface area contributed by atoms with E-state index in [0.29, 0.717) is 12.6 Å². The predicted molar refractivity (Wildman–Crippen MR) is 81.2 cm³/mol. The van der Waals surface area contributed by atoms with Gasteiger partial charge in [-0.05, 0) is 12.0 Å². The average molecular weight is 272 g/mol. The summed E-state index contributed by atoms with van der Waals surface area (Å²) in [6, 6.07) is 11.0. The van der Waals surface area contributed by atoms with Crippen molar-refractivity contribution in [3.63, 3.8) is 0 Å². The second-order valence-electron chi connectivity index (χ2n) is 5.17. The van der Waals surface area contributed by atoms with Crippen molar-refractivity contribution in [2.75, 3.05) is 0 Å². The van der Waals surface area contributed by atoms with E-state index in [2.05, 4.69) is 52.7 Å². The first-order chi connectivity index (χ1) is 9.79. The molecular formula is C16H24N4. The van der Waals surface area contributed by atoms with E-state index in [9.17, 15) is 0 Å². The number of aromatic nitrogens is 3. The van der Waals surface area contributed by atoms with Gasteiger partial charge in [0, 0.05) is 13.1 Å². The van der Waals surface area contributed by atoms with Crippen molar-refractivity contribution < 1.29 is 0 Å². The Balaban J connectivity index is 1.95. The van der Waals surface area contributed by atoms with Gasteiger partial charge in [-0.15, -0.1) is 0 Å². The van der Waals surface area contributed by atoms with Crippen LogP contribution in [0.15, 0.2) is 36.7 Å². The molecule has 1 unspecified atom stereocenters. The summed E-state index contributed by atoms with van der Waals surface area (Å²) in [5, 5.41) is 7.90. The van der Waals surface area contributed by atoms with Crippen LogP contribution in [-0.2, 0) is 13.6 Å². The number of nitrogens with one attached hydrogen (secondary N) is 1. The molecule has 0 radical (unpaired) electrons. The quantitative estimate of drug-likeness (QED) is 0.750. The van der Waals surface area contributed by atoms with E-state index < -0.39 is 0 Å². The van der Waals surface area contributed by atoms with Crippen LogP contribution >= 0.6 is 0 Å². The van der Waals surface area contributed by atoms with Crippen molar-refractivity contribution in [1.29, 1.82) is 0 Å². The summed E-state index contributed by atoms with van der Waals surface area (Å²) in [6.45, 7) is 2.95. The van der Waals surface area contributed by atoms with Gasteiger partial charge in [0.15, 0.2) is 5.82 Å². The molecule has 0 aliphatic heterocycles. The molecule has 0 aliphatic carbocycles. The highest BCUT2D eigenvalue weighted by molar-refractivity contribution is 5.18. The Kier molecular flexibility index (Phi) is 5.74. The van der Waals surface area contributed by atoms with Gasteiger partial charge in [-0.1, -0.05) is 56.5 Å². The first-order valence-electron chi connectivity index (χ1n) is 7.42. The lowest BCUT2D eigenvalue weighted by atomic mass is 10.0. The summed E-state index contributed by atoms with van der Waals surface area (Å²) < 4.78 is 1.74. The largest absolute Gasteiger partial charge is 0.303 e. The lowest BCUT2D eigenvalue weighted by molar-refractivity contribution is 0.466. The topological polar surface area (TPSA) is 42.7 Å². The van der Waals surface area contributed by atoms with Crippen molar-refractivity contribution in [3.8, 4) is 0 Å². The number of aryl methyl sites for hydroxylation is 1. The van der Waals surface area contributed by atoms with E-state index >= 15 is 0 Å². The Labute approximate surface area is 121 Å². The lowest BCUT2D eigenvalue weighted by Crippen LogP contribution is -2.21. The molecule has 0 saturated carbocycles. The zero-order chi connectivity index (χ0) is 14.2. The van der Waals surface area contributed by atoms with Crippen LogP contribution in [0.1, 0.15) is 50.0 Å². The van der Waals surface area contributed by atoms with E-state index in [4.69, 9.17) is 0 Å². The standard InChI is InChI=1S/C16H24N4/c1-3-4-6-11-15(14-9-7-5-8-10-14)17-12-16-18-13-20(2)19-16/h5,7-10,13,15,17H,3-4,6,11-12H2,1-2H3. The molecule has 1 heterocycles. The fourth-order valence-corrected chi connectivity index (χ4v) is 2.35. The molecule has 1 aromatic carbocycles. The lowest BCUT2D eigenvalue weighted by Gasteiger charge is -2.18. The fraction of sp³-hybridized carbons (Fsp3) is 0.500. The van der Waals surface area contributed by atoms with Crippen LogP contribution in [0.25, 0.3) is 0 Å². The average Bonchev–Trinajstić information content (AvgIpc) is 2.89. The van der Waals surface area contributed by atoms with E-state index in [-0.39, 0.29) is 0 Å². The number of unbranched alkanes of at least 4 members (excludes halogenated alkanes) is 2. The maximum absolute atomic E-state index is 4.32. The third-order valence-corrected chi connectivity index (χ3v) is 3.45. The highest BCUT2D eigenvalue weighted by atomic mass is 15.3. The molecule has 0 bridgehead atoms. The minimum absolute atomic E-state index is 0.381. The number of rotatable bonds is 8. The molecule has 1 atom stereocenters. The highest BCUT2D eigenvalue weighted by Gasteiger charge is 2.11.